The standard InChI is InChI=1S/3C40H30N4/c1-24-10-5-16-30-31-17-6-11-25(2)38(31)43(37(24)30)34-22-42-23-35(36(34)29-15-9-14-28(20-29)21-41)44-39-26(3)12-7-18-32(39)33-19-8-13-27(4)40(33)44;1-24-9-5-13-30-31-14-6-10-25(2)38(31)43(37(24)30)34-22-42-23-35(36(34)29-19-17-28(21-41)18-20-29)44-39-26(3)11-7-15-32(39)33-16-8-12-27(4)40(33)44;1-24-11-7-17-30-31-18-8-12-25(2)38(31)43(37(24)30)34-22-42-23-35(36(34)29-16-6-5-15-28(29)21-41)44-39-26(3)13-9-19-32(39)33-20-10-14-27(4)40(33)44/h3*5-20,22-23H,1-4H3. The zero-order valence-corrected chi connectivity index (χ0v) is 75.5. The van der Waals surface area contributed by atoms with Crippen LogP contribution in [0.3, 0.4) is 0 Å². The second-order valence-corrected chi connectivity index (χ2v) is 35.4. The van der Waals surface area contributed by atoms with Gasteiger partial charge in [0.15, 0.2) is 0 Å². The largest absolute Gasteiger partial charge is 0.306 e. The van der Waals surface area contributed by atoms with E-state index in [0.717, 1.165) is 89.6 Å². The van der Waals surface area contributed by atoms with Crippen LogP contribution in [-0.2, 0) is 0 Å². The van der Waals surface area contributed by atoms with E-state index in [9.17, 15) is 15.8 Å². The zero-order chi connectivity index (χ0) is 90.3. The van der Waals surface area contributed by atoms with Crippen LogP contribution < -0.4 is 0 Å². The summed E-state index contributed by atoms with van der Waals surface area (Å²) in [4.78, 5) is 14.9. The van der Waals surface area contributed by atoms with E-state index in [1.54, 1.807) is 0 Å². The summed E-state index contributed by atoms with van der Waals surface area (Å²) in [6.07, 6.45) is 11.9. The molecule has 0 aliphatic rings. The number of para-hydroxylation sites is 12. The van der Waals surface area contributed by atoms with Gasteiger partial charge in [-0.15, -0.1) is 0 Å². The Hall–Kier alpha value is -17.0. The van der Waals surface area contributed by atoms with Gasteiger partial charge >= 0.3 is 0 Å². The van der Waals surface area contributed by atoms with Gasteiger partial charge in [-0.1, -0.05) is 261 Å². The van der Waals surface area contributed by atoms with E-state index in [4.69, 9.17) is 15.0 Å². The highest BCUT2D eigenvalue weighted by Gasteiger charge is 2.31. The van der Waals surface area contributed by atoms with Crippen molar-refractivity contribution in [3.05, 3.63) is 412 Å². The lowest BCUT2D eigenvalue weighted by atomic mass is 9.97. The fourth-order valence-electron chi connectivity index (χ4n) is 21.6. The Kier molecular flexibility index (Phi) is 19.5. The smallest absolute Gasteiger partial charge is 0.0998 e. The number of pyridine rings is 3. The topological polar surface area (TPSA) is 140 Å². The third-order valence-electron chi connectivity index (χ3n) is 27.3. The molecule has 0 radical (unpaired) electrons. The minimum atomic E-state index is 0.625. The summed E-state index contributed by atoms with van der Waals surface area (Å²) >= 11 is 0. The predicted molar refractivity (Wildman–Crippen MR) is 546 cm³/mol. The lowest BCUT2D eigenvalue weighted by Gasteiger charge is -2.21. The van der Waals surface area contributed by atoms with Gasteiger partial charge in [-0.05, 0) is 191 Å². The maximum absolute atomic E-state index is 10.4. The first kappa shape index (κ1) is 80.8. The molecule has 0 atom stereocenters. The van der Waals surface area contributed by atoms with Crippen LogP contribution in [0.1, 0.15) is 83.5 Å². The Bertz CT molecular complexity index is 8370. The van der Waals surface area contributed by atoms with Crippen molar-refractivity contribution in [2.24, 2.45) is 0 Å². The van der Waals surface area contributed by atoms with E-state index in [-0.39, 0.29) is 0 Å². The van der Waals surface area contributed by atoms with Gasteiger partial charge in [-0.2, -0.15) is 15.8 Å². The van der Waals surface area contributed by atoms with Gasteiger partial charge in [-0.25, -0.2) is 0 Å². The van der Waals surface area contributed by atoms with Crippen molar-refractivity contribution >= 4 is 131 Å². The Balaban J connectivity index is 0.000000116. The van der Waals surface area contributed by atoms with E-state index in [1.807, 2.05) is 85.7 Å². The minimum absolute atomic E-state index is 0.625. The molecule has 0 unspecified atom stereocenters. The molecule has 0 spiro atoms. The summed E-state index contributed by atoms with van der Waals surface area (Å²) in [6, 6.07) is 109. The lowest BCUT2D eigenvalue weighted by Crippen LogP contribution is -2.07. The Morgan fingerprint density at radius 3 is 0.629 bits per heavy atom. The summed E-state index contributed by atoms with van der Waals surface area (Å²) in [5, 5.41) is 44.6. The molecule has 630 valence electrons. The maximum Gasteiger partial charge on any atom is 0.0998 e. The van der Waals surface area contributed by atoms with Crippen molar-refractivity contribution in [2.45, 2.75) is 83.1 Å². The number of aromatic nitrogens is 9. The number of rotatable bonds is 9. The number of hydrogen-bond acceptors (Lipinski definition) is 6. The maximum atomic E-state index is 10.4. The van der Waals surface area contributed by atoms with Crippen LogP contribution in [-0.4, -0.2) is 42.4 Å². The second-order valence-electron chi connectivity index (χ2n) is 35.4. The molecule has 9 aromatic heterocycles. The van der Waals surface area contributed by atoms with Gasteiger partial charge in [0, 0.05) is 86.9 Å². The number of aryl methyl sites for hydroxylation is 12. The molecule has 24 rings (SSSR count). The average Bonchev–Trinajstić information content (AvgIpc) is 1.56. The van der Waals surface area contributed by atoms with Gasteiger partial charge in [0.05, 0.1) is 172 Å². The van der Waals surface area contributed by atoms with E-state index in [2.05, 4.69) is 371 Å². The molecule has 0 saturated heterocycles. The van der Waals surface area contributed by atoms with Crippen molar-refractivity contribution < 1.29 is 0 Å². The Morgan fingerprint density at radius 1 is 0.189 bits per heavy atom. The normalized spacial score (nSPS) is 11.6. The number of benzene rings is 15. The lowest BCUT2D eigenvalue weighted by molar-refractivity contribution is 1.08. The van der Waals surface area contributed by atoms with Crippen LogP contribution in [0.2, 0.25) is 0 Å². The van der Waals surface area contributed by atoms with Gasteiger partial charge < -0.3 is 27.4 Å². The third-order valence-corrected chi connectivity index (χ3v) is 27.3. The predicted octanol–water partition coefficient (Wildman–Crippen LogP) is 30.1. The van der Waals surface area contributed by atoms with Gasteiger partial charge in [-0.3, -0.25) is 15.0 Å². The Labute approximate surface area is 764 Å². The zero-order valence-electron chi connectivity index (χ0n) is 75.5. The number of hydrogen-bond donors (Lipinski definition) is 0. The van der Waals surface area contributed by atoms with Crippen molar-refractivity contribution in [1.29, 1.82) is 15.8 Å². The Morgan fingerprint density at radius 2 is 0.402 bits per heavy atom. The molecule has 15 aromatic carbocycles. The molecule has 24 aromatic rings. The monoisotopic (exact) mass is 1700 g/mol. The van der Waals surface area contributed by atoms with Crippen LogP contribution in [0.25, 0.3) is 198 Å². The van der Waals surface area contributed by atoms with Gasteiger partial charge in [0.2, 0.25) is 0 Å². The van der Waals surface area contributed by atoms with Crippen LogP contribution in [0.4, 0.5) is 0 Å². The fraction of sp³-hybridized carbons (Fsp3) is 0.100. The first-order valence-corrected chi connectivity index (χ1v) is 44.9. The molecule has 132 heavy (non-hydrogen) atoms. The molecular weight excluding hydrogens is 1610 g/mol. The first-order valence-electron chi connectivity index (χ1n) is 44.9. The summed E-state index contributed by atoms with van der Waals surface area (Å²) in [5.41, 5.74) is 42.1. The van der Waals surface area contributed by atoms with Crippen LogP contribution in [0.5, 0.6) is 0 Å². The molecule has 0 bridgehead atoms. The molecule has 0 aliphatic heterocycles. The van der Waals surface area contributed by atoms with Crippen molar-refractivity contribution in [2.75, 3.05) is 0 Å². The highest BCUT2D eigenvalue weighted by atomic mass is 15.1. The van der Waals surface area contributed by atoms with E-state index < -0.39 is 0 Å². The number of nitrogens with zero attached hydrogens (tertiary/aromatic N) is 12. The molecular formula is C120H90N12. The third kappa shape index (κ3) is 12.4. The molecule has 9 heterocycles. The molecule has 0 saturated carbocycles. The SMILES string of the molecule is Cc1cccc2c3cccc(C)c3n(-c3cncc(-n4c5c(C)cccc5c5cccc(C)c54)c3-c3ccc(C#N)cc3)c12.Cc1cccc2c3cccc(C)c3n(-c3cncc(-n4c5c(C)cccc5c5cccc(C)c54)c3-c3cccc(C#N)c3)c12.Cc1cccc2c3cccc(C)c3n(-c3cncc(-n4c5c(C)cccc5c5cccc(C)c54)c3-c3ccccc3C#N)c12. The van der Waals surface area contributed by atoms with Crippen LogP contribution >= 0.6 is 0 Å². The average molecular weight is 1700 g/mol. The molecule has 12 heteroatoms. The summed E-state index contributed by atoms with van der Waals surface area (Å²) < 4.78 is 14.4. The number of nitriles is 3. The summed E-state index contributed by atoms with van der Waals surface area (Å²) in [5.74, 6) is 0. The number of fused-ring (bicyclic) bond motifs is 18. The minimum Gasteiger partial charge on any atom is -0.306 e. The quantitative estimate of drug-likeness (QED) is 0.141. The van der Waals surface area contributed by atoms with Crippen molar-refractivity contribution in [3.8, 4) is 85.7 Å². The molecule has 0 aliphatic carbocycles. The van der Waals surface area contributed by atoms with Crippen LogP contribution in [0, 0.1) is 117 Å². The molecule has 0 N–H and O–H groups in total. The summed E-state index contributed by atoms with van der Waals surface area (Å²) in [6.45, 7) is 26.2. The second kappa shape index (κ2) is 31.8. The van der Waals surface area contributed by atoms with Crippen LogP contribution in [0.15, 0.2) is 328 Å². The van der Waals surface area contributed by atoms with Gasteiger partial charge in [0.25, 0.3) is 0 Å². The van der Waals surface area contributed by atoms with Crippen molar-refractivity contribution in [3.63, 3.8) is 0 Å². The van der Waals surface area contributed by atoms with Gasteiger partial charge in [0.1, 0.15) is 0 Å². The highest BCUT2D eigenvalue weighted by molar-refractivity contribution is 6.19. The highest BCUT2D eigenvalue weighted by Crippen LogP contribution is 2.50. The fourth-order valence-corrected chi connectivity index (χ4v) is 21.6. The van der Waals surface area contributed by atoms with E-state index >= 15 is 0 Å². The summed E-state index contributed by atoms with van der Waals surface area (Å²) in [7, 11) is 0. The van der Waals surface area contributed by atoms with E-state index in [1.165, 1.54) is 176 Å². The van der Waals surface area contributed by atoms with E-state index in [0.29, 0.717) is 16.7 Å². The van der Waals surface area contributed by atoms with Crippen molar-refractivity contribution in [1.82, 2.24) is 42.4 Å². The molecule has 0 fully saturated rings. The molecule has 12 nitrogen and oxygen atoms in total. The first-order chi connectivity index (χ1) is 64.4. The molecule has 0 amide bonds.